The van der Waals surface area contributed by atoms with E-state index in [9.17, 15) is 17.6 Å². The summed E-state index contributed by atoms with van der Waals surface area (Å²) < 4.78 is 45.0. The van der Waals surface area contributed by atoms with Gasteiger partial charge >= 0.3 is 0 Å². The average molecular weight is 407 g/mol. The number of hydrogen-bond donors (Lipinski definition) is 1. The van der Waals surface area contributed by atoms with Crippen LogP contribution in [0.4, 0.5) is 10.1 Å². The Bertz CT molecular complexity index is 926. The quantitative estimate of drug-likeness (QED) is 0.785. The first-order valence-electron chi connectivity index (χ1n) is 8.82. The monoisotopic (exact) mass is 407 g/mol. The lowest BCUT2D eigenvalue weighted by Crippen LogP contribution is -2.51. The smallest absolute Gasteiger partial charge is 0.241 e. The van der Waals surface area contributed by atoms with Gasteiger partial charge in [0.25, 0.3) is 0 Å². The molecule has 1 aliphatic rings. The van der Waals surface area contributed by atoms with Gasteiger partial charge in [-0.05, 0) is 36.4 Å². The predicted octanol–water partition coefficient (Wildman–Crippen LogP) is 1.46. The second-order valence-electron chi connectivity index (χ2n) is 6.32. The zero-order valence-electron chi connectivity index (χ0n) is 15.5. The van der Waals surface area contributed by atoms with E-state index in [1.165, 1.54) is 0 Å². The van der Waals surface area contributed by atoms with Gasteiger partial charge in [0.2, 0.25) is 15.9 Å². The fourth-order valence-corrected chi connectivity index (χ4v) is 4.03. The van der Waals surface area contributed by atoms with Gasteiger partial charge in [0, 0.05) is 26.2 Å². The molecule has 0 aromatic heterocycles. The van der Waals surface area contributed by atoms with Gasteiger partial charge in [0.15, 0.2) is 0 Å². The molecule has 1 N–H and O–H groups in total. The molecule has 0 atom stereocenters. The number of para-hydroxylation sites is 2. The van der Waals surface area contributed by atoms with Crippen LogP contribution in [-0.4, -0.2) is 59.1 Å². The Labute approximate surface area is 163 Å². The molecule has 1 aliphatic heterocycles. The maximum Gasteiger partial charge on any atom is 0.241 e. The third kappa shape index (κ3) is 4.60. The highest BCUT2D eigenvalue weighted by Crippen LogP contribution is 2.28. The molecule has 1 saturated heterocycles. The number of nitrogens with one attached hydrogen (secondary N) is 1. The molecule has 0 unspecified atom stereocenters. The minimum atomic E-state index is -3.86. The number of sulfonamides is 1. The number of anilines is 1. The van der Waals surface area contributed by atoms with Crippen molar-refractivity contribution in [1.82, 2.24) is 9.62 Å². The summed E-state index contributed by atoms with van der Waals surface area (Å²) in [5, 5.41) is 0. The van der Waals surface area contributed by atoms with Crippen molar-refractivity contribution in [3.63, 3.8) is 0 Å². The molecule has 9 heteroatoms. The molecule has 1 heterocycles. The number of piperazine rings is 1. The van der Waals surface area contributed by atoms with Crippen LogP contribution in [0.5, 0.6) is 5.75 Å². The van der Waals surface area contributed by atoms with E-state index in [0.29, 0.717) is 26.2 Å². The molecule has 150 valence electrons. The number of carbonyl (C=O) groups is 1. The Morgan fingerprint density at radius 3 is 2.36 bits per heavy atom. The molecular formula is C19H22FN3O4S. The van der Waals surface area contributed by atoms with Crippen LogP contribution in [0.25, 0.3) is 0 Å². The minimum Gasteiger partial charge on any atom is -0.495 e. The van der Waals surface area contributed by atoms with Crippen molar-refractivity contribution in [2.75, 3.05) is 44.7 Å². The van der Waals surface area contributed by atoms with E-state index >= 15 is 0 Å². The predicted molar refractivity (Wildman–Crippen MR) is 103 cm³/mol. The van der Waals surface area contributed by atoms with E-state index in [1.54, 1.807) is 12.0 Å². The molecule has 0 saturated carbocycles. The fourth-order valence-electron chi connectivity index (χ4n) is 3.05. The number of halogens is 1. The van der Waals surface area contributed by atoms with Gasteiger partial charge in [-0.2, -0.15) is 0 Å². The summed E-state index contributed by atoms with van der Waals surface area (Å²) >= 11 is 0. The number of ether oxygens (including phenoxy) is 1. The van der Waals surface area contributed by atoms with Crippen LogP contribution in [-0.2, 0) is 14.8 Å². The number of rotatable bonds is 6. The Balaban J connectivity index is 1.55. The highest BCUT2D eigenvalue weighted by atomic mass is 32.2. The van der Waals surface area contributed by atoms with Crippen molar-refractivity contribution in [3.8, 4) is 5.75 Å². The lowest BCUT2D eigenvalue weighted by Gasteiger charge is -2.36. The summed E-state index contributed by atoms with van der Waals surface area (Å²) in [4.78, 5) is 16.1. The zero-order chi connectivity index (χ0) is 20.1. The topological polar surface area (TPSA) is 79.0 Å². The third-order valence-electron chi connectivity index (χ3n) is 4.60. The van der Waals surface area contributed by atoms with Gasteiger partial charge in [-0.25, -0.2) is 17.5 Å². The lowest BCUT2D eigenvalue weighted by atomic mass is 10.2. The zero-order valence-corrected chi connectivity index (χ0v) is 16.3. The first-order valence-corrected chi connectivity index (χ1v) is 10.3. The van der Waals surface area contributed by atoms with Gasteiger partial charge in [-0.15, -0.1) is 0 Å². The van der Waals surface area contributed by atoms with E-state index in [1.807, 2.05) is 24.3 Å². The van der Waals surface area contributed by atoms with Gasteiger partial charge in [-0.1, -0.05) is 12.1 Å². The largest absolute Gasteiger partial charge is 0.495 e. The summed E-state index contributed by atoms with van der Waals surface area (Å²) in [5.74, 6) is -0.0531. The average Bonchev–Trinajstić information content (AvgIpc) is 2.72. The first-order chi connectivity index (χ1) is 13.4. The second-order valence-corrected chi connectivity index (χ2v) is 8.09. The third-order valence-corrected chi connectivity index (χ3v) is 6.01. The molecule has 0 bridgehead atoms. The van der Waals surface area contributed by atoms with Gasteiger partial charge in [0.05, 0.1) is 24.2 Å². The van der Waals surface area contributed by atoms with Crippen LogP contribution in [0.15, 0.2) is 53.4 Å². The van der Waals surface area contributed by atoms with Crippen molar-refractivity contribution in [3.05, 3.63) is 54.3 Å². The van der Waals surface area contributed by atoms with Crippen molar-refractivity contribution in [2.24, 2.45) is 0 Å². The molecule has 0 radical (unpaired) electrons. The standard InChI is InChI=1S/C19H22FN3O4S/c1-27-18-5-3-2-4-17(18)22-10-12-23(13-11-22)19(24)14-21-28(25,26)16-8-6-15(20)7-9-16/h2-9,21H,10-14H2,1H3. The Hall–Kier alpha value is -2.65. The molecule has 0 spiro atoms. The number of methoxy groups -OCH3 is 1. The van der Waals surface area contributed by atoms with Crippen molar-refractivity contribution in [1.29, 1.82) is 0 Å². The fraction of sp³-hybridized carbons (Fsp3) is 0.316. The molecule has 28 heavy (non-hydrogen) atoms. The summed E-state index contributed by atoms with van der Waals surface area (Å²) in [7, 11) is -2.25. The number of carbonyl (C=O) groups excluding carboxylic acids is 1. The van der Waals surface area contributed by atoms with E-state index in [0.717, 1.165) is 35.7 Å². The van der Waals surface area contributed by atoms with Crippen LogP contribution >= 0.6 is 0 Å². The molecule has 2 aromatic rings. The summed E-state index contributed by atoms with van der Waals surface area (Å²) in [5.41, 5.74) is 0.967. The van der Waals surface area contributed by atoms with Gasteiger partial charge < -0.3 is 14.5 Å². The number of hydrogen-bond acceptors (Lipinski definition) is 5. The second kappa shape index (κ2) is 8.57. The van der Waals surface area contributed by atoms with E-state index in [4.69, 9.17) is 4.74 Å². The maximum absolute atomic E-state index is 12.9. The first kappa shape index (κ1) is 20.1. The molecule has 3 rings (SSSR count). The highest BCUT2D eigenvalue weighted by molar-refractivity contribution is 7.89. The number of benzene rings is 2. The maximum atomic E-state index is 12.9. The minimum absolute atomic E-state index is 0.0808. The Kier molecular flexibility index (Phi) is 6.15. The Morgan fingerprint density at radius 2 is 1.71 bits per heavy atom. The SMILES string of the molecule is COc1ccccc1N1CCN(C(=O)CNS(=O)(=O)c2ccc(F)cc2)CC1. The molecule has 1 fully saturated rings. The normalized spacial score (nSPS) is 14.8. The lowest BCUT2D eigenvalue weighted by molar-refractivity contribution is -0.130. The summed E-state index contributed by atoms with van der Waals surface area (Å²) in [6, 6.07) is 12.1. The van der Waals surface area contributed by atoms with Crippen molar-refractivity contribution >= 4 is 21.6 Å². The van der Waals surface area contributed by atoms with Crippen molar-refractivity contribution < 1.29 is 22.3 Å². The van der Waals surface area contributed by atoms with Crippen molar-refractivity contribution in [2.45, 2.75) is 4.90 Å². The summed E-state index contributed by atoms with van der Waals surface area (Å²) in [6.45, 7) is 1.87. The van der Waals surface area contributed by atoms with Crippen LogP contribution in [0.2, 0.25) is 0 Å². The van der Waals surface area contributed by atoms with Crippen LogP contribution < -0.4 is 14.4 Å². The number of amides is 1. The van der Waals surface area contributed by atoms with Crippen LogP contribution in [0, 0.1) is 5.82 Å². The van der Waals surface area contributed by atoms with E-state index in [-0.39, 0.29) is 17.3 Å². The summed E-state index contributed by atoms with van der Waals surface area (Å²) in [6.07, 6.45) is 0. The van der Waals surface area contributed by atoms with Crippen LogP contribution in [0.1, 0.15) is 0 Å². The molecule has 7 nitrogen and oxygen atoms in total. The molecule has 2 aromatic carbocycles. The number of nitrogens with zero attached hydrogens (tertiary/aromatic N) is 2. The van der Waals surface area contributed by atoms with E-state index < -0.39 is 15.8 Å². The van der Waals surface area contributed by atoms with Crippen LogP contribution in [0.3, 0.4) is 0 Å². The molecular weight excluding hydrogens is 385 g/mol. The molecule has 1 amide bonds. The molecule has 0 aliphatic carbocycles. The Morgan fingerprint density at radius 1 is 1.07 bits per heavy atom. The highest BCUT2D eigenvalue weighted by Gasteiger charge is 2.24. The van der Waals surface area contributed by atoms with E-state index in [2.05, 4.69) is 9.62 Å². The van der Waals surface area contributed by atoms with Gasteiger partial charge in [-0.3, -0.25) is 4.79 Å². The van der Waals surface area contributed by atoms with Gasteiger partial charge in [0.1, 0.15) is 11.6 Å².